The third-order valence-corrected chi connectivity index (χ3v) is 4.03. The number of likely N-dealkylation sites (N-methyl/N-ethyl adjacent to an activating group) is 1. The van der Waals surface area contributed by atoms with Crippen molar-refractivity contribution in [2.24, 2.45) is 0 Å². The molecule has 1 aromatic carbocycles. The molecular weight excluding hydrogens is 367 g/mol. The maximum absolute atomic E-state index is 13.3. The fraction of sp³-hybridized carbons (Fsp3) is 0.211. The number of halogens is 2. The average Bonchev–Trinajstić information content (AvgIpc) is 2.64. The summed E-state index contributed by atoms with van der Waals surface area (Å²) in [5.41, 5.74) is 2.14. The summed E-state index contributed by atoms with van der Waals surface area (Å²) < 4.78 is 13.3. The summed E-state index contributed by atoms with van der Waals surface area (Å²) in [5, 5.41) is 6.62. The van der Waals surface area contributed by atoms with Crippen LogP contribution in [0.2, 0.25) is 5.02 Å². The lowest BCUT2D eigenvalue weighted by atomic mass is 10.2. The number of hydrogen-bond acceptors (Lipinski definition) is 6. The predicted molar refractivity (Wildman–Crippen MR) is 107 cm³/mol. The Balaban J connectivity index is 1.91. The van der Waals surface area contributed by atoms with E-state index >= 15 is 0 Å². The van der Waals surface area contributed by atoms with Gasteiger partial charge in [-0.25, -0.2) is 9.37 Å². The highest BCUT2D eigenvalue weighted by molar-refractivity contribution is 6.33. The van der Waals surface area contributed by atoms with E-state index in [0.717, 1.165) is 12.1 Å². The molecule has 27 heavy (non-hydrogen) atoms. The number of nitrogens with one attached hydrogen (secondary N) is 2. The molecule has 0 radical (unpaired) electrons. The molecule has 140 valence electrons. The van der Waals surface area contributed by atoms with Crippen LogP contribution in [0.5, 0.6) is 0 Å². The van der Waals surface area contributed by atoms with E-state index in [4.69, 9.17) is 11.6 Å². The molecule has 2 N–H and O–H groups in total. The van der Waals surface area contributed by atoms with Crippen LogP contribution in [-0.2, 0) is 0 Å². The first-order valence-corrected chi connectivity index (χ1v) is 8.79. The van der Waals surface area contributed by atoms with Crippen LogP contribution in [0.3, 0.4) is 0 Å². The lowest BCUT2D eigenvalue weighted by Gasteiger charge is -2.14. The first-order chi connectivity index (χ1) is 13.0. The van der Waals surface area contributed by atoms with E-state index < -0.39 is 5.82 Å². The summed E-state index contributed by atoms with van der Waals surface area (Å²) >= 11 is 6.12. The summed E-state index contributed by atoms with van der Waals surface area (Å²) in [4.78, 5) is 15.3. The summed E-state index contributed by atoms with van der Waals surface area (Å²) in [6.07, 6.45) is 3.44. The third-order valence-electron chi connectivity index (χ3n) is 3.72. The van der Waals surface area contributed by atoms with Crippen LogP contribution < -0.4 is 10.6 Å². The maximum atomic E-state index is 13.3. The zero-order valence-corrected chi connectivity index (χ0v) is 15.8. The number of aromatic nitrogens is 3. The van der Waals surface area contributed by atoms with Gasteiger partial charge in [0.25, 0.3) is 0 Å². The van der Waals surface area contributed by atoms with Gasteiger partial charge in [0.1, 0.15) is 11.6 Å². The van der Waals surface area contributed by atoms with Gasteiger partial charge in [-0.3, -0.25) is 4.98 Å². The minimum Gasteiger partial charge on any atom is -0.353 e. The summed E-state index contributed by atoms with van der Waals surface area (Å²) in [6, 6.07) is 9.74. The van der Waals surface area contributed by atoms with Crippen LogP contribution in [0.4, 0.5) is 21.8 Å². The third kappa shape index (κ3) is 5.35. The molecule has 8 heteroatoms. The monoisotopic (exact) mass is 386 g/mol. The van der Waals surface area contributed by atoms with Crippen LogP contribution in [0.1, 0.15) is 0 Å². The van der Waals surface area contributed by atoms with E-state index in [1.54, 1.807) is 24.5 Å². The van der Waals surface area contributed by atoms with Gasteiger partial charge < -0.3 is 15.5 Å². The smallest absolute Gasteiger partial charge is 0.225 e. The number of rotatable bonds is 7. The van der Waals surface area contributed by atoms with Crippen molar-refractivity contribution in [2.45, 2.75) is 0 Å². The first kappa shape index (κ1) is 19.0. The molecule has 0 unspecified atom stereocenters. The molecule has 0 fully saturated rings. The van der Waals surface area contributed by atoms with Crippen molar-refractivity contribution in [2.75, 3.05) is 37.8 Å². The van der Waals surface area contributed by atoms with Crippen molar-refractivity contribution in [3.05, 3.63) is 59.6 Å². The number of pyridine rings is 1. The Morgan fingerprint density at radius 1 is 1.15 bits per heavy atom. The van der Waals surface area contributed by atoms with Crippen LogP contribution in [0, 0.1) is 5.82 Å². The van der Waals surface area contributed by atoms with E-state index in [1.807, 2.05) is 26.2 Å². The van der Waals surface area contributed by atoms with Crippen molar-refractivity contribution in [1.29, 1.82) is 0 Å². The molecule has 3 aromatic rings. The van der Waals surface area contributed by atoms with Crippen molar-refractivity contribution in [3.63, 3.8) is 0 Å². The van der Waals surface area contributed by atoms with Gasteiger partial charge in [-0.1, -0.05) is 11.6 Å². The largest absolute Gasteiger partial charge is 0.353 e. The van der Waals surface area contributed by atoms with Gasteiger partial charge in [-0.2, -0.15) is 4.98 Å². The molecule has 0 aliphatic rings. The number of benzene rings is 1. The van der Waals surface area contributed by atoms with Crippen LogP contribution in [0.15, 0.2) is 48.8 Å². The van der Waals surface area contributed by atoms with Crippen molar-refractivity contribution >= 4 is 29.1 Å². The van der Waals surface area contributed by atoms with Gasteiger partial charge in [0.15, 0.2) is 0 Å². The molecule has 6 nitrogen and oxygen atoms in total. The highest BCUT2D eigenvalue weighted by Crippen LogP contribution is 2.27. The Labute approximate surface area is 162 Å². The van der Waals surface area contributed by atoms with E-state index in [1.165, 1.54) is 12.1 Å². The molecule has 3 rings (SSSR count). The average molecular weight is 387 g/mol. The fourth-order valence-electron chi connectivity index (χ4n) is 2.37. The SMILES string of the molecule is CN(C)CCNc1nc(Nc2ccc(F)cc2Cl)cc(-c2cccnc2)n1. The Bertz CT molecular complexity index is 904. The summed E-state index contributed by atoms with van der Waals surface area (Å²) in [6.45, 7) is 1.53. The number of nitrogens with zero attached hydrogens (tertiary/aromatic N) is 4. The molecule has 0 spiro atoms. The van der Waals surface area contributed by atoms with Crippen LogP contribution in [-0.4, -0.2) is 47.0 Å². The zero-order chi connectivity index (χ0) is 19.2. The van der Waals surface area contributed by atoms with Gasteiger partial charge in [-0.05, 0) is 44.4 Å². The highest BCUT2D eigenvalue weighted by Gasteiger charge is 2.09. The van der Waals surface area contributed by atoms with Crippen molar-refractivity contribution < 1.29 is 4.39 Å². The van der Waals surface area contributed by atoms with E-state index in [9.17, 15) is 4.39 Å². The molecule has 0 amide bonds. The van der Waals surface area contributed by atoms with Gasteiger partial charge in [-0.15, -0.1) is 0 Å². The Morgan fingerprint density at radius 3 is 2.70 bits per heavy atom. The van der Waals surface area contributed by atoms with Gasteiger partial charge >= 0.3 is 0 Å². The minimum atomic E-state index is -0.393. The topological polar surface area (TPSA) is 66.0 Å². The Hall–Kier alpha value is -2.77. The lowest BCUT2D eigenvalue weighted by molar-refractivity contribution is 0.425. The Kier molecular flexibility index (Phi) is 6.16. The van der Waals surface area contributed by atoms with E-state index in [-0.39, 0.29) is 5.02 Å². The molecule has 0 aliphatic carbocycles. The van der Waals surface area contributed by atoms with E-state index in [0.29, 0.717) is 29.7 Å². The quantitative estimate of drug-likeness (QED) is 0.638. The van der Waals surface area contributed by atoms with Gasteiger partial charge in [0.2, 0.25) is 5.95 Å². The molecule has 0 aliphatic heterocycles. The molecule has 2 aromatic heterocycles. The van der Waals surface area contributed by atoms with Gasteiger partial charge in [0, 0.05) is 37.1 Å². The molecule has 0 atom stereocenters. The summed E-state index contributed by atoms with van der Waals surface area (Å²) in [5.74, 6) is 0.638. The second kappa shape index (κ2) is 8.75. The first-order valence-electron chi connectivity index (χ1n) is 8.41. The number of anilines is 3. The molecule has 2 heterocycles. The van der Waals surface area contributed by atoms with Crippen molar-refractivity contribution in [1.82, 2.24) is 19.9 Å². The molecule has 0 saturated carbocycles. The standard InChI is InChI=1S/C19H20ClFN6/c1-27(2)9-8-23-19-25-17(13-4-3-7-22-12-13)11-18(26-19)24-16-6-5-14(21)10-15(16)20/h3-7,10-12H,8-9H2,1-2H3,(H2,23,24,25,26). The lowest BCUT2D eigenvalue weighted by Crippen LogP contribution is -2.21. The van der Waals surface area contributed by atoms with E-state index in [2.05, 4.69) is 30.5 Å². The molecule has 0 bridgehead atoms. The molecular formula is C19H20ClFN6. The highest BCUT2D eigenvalue weighted by atomic mass is 35.5. The Morgan fingerprint density at radius 2 is 2.00 bits per heavy atom. The summed E-state index contributed by atoms with van der Waals surface area (Å²) in [7, 11) is 4.00. The number of hydrogen-bond donors (Lipinski definition) is 2. The van der Waals surface area contributed by atoms with Crippen LogP contribution in [0.25, 0.3) is 11.3 Å². The minimum absolute atomic E-state index is 0.277. The zero-order valence-electron chi connectivity index (χ0n) is 15.1. The van der Waals surface area contributed by atoms with Gasteiger partial charge in [0.05, 0.1) is 16.4 Å². The normalized spacial score (nSPS) is 10.9. The van der Waals surface area contributed by atoms with Crippen LogP contribution >= 0.6 is 11.6 Å². The predicted octanol–water partition coefficient (Wildman–Crippen LogP) is 4.05. The second-order valence-corrected chi connectivity index (χ2v) is 6.59. The second-order valence-electron chi connectivity index (χ2n) is 6.18. The van der Waals surface area contributed by atoms with Crippen molar-refractivity contribution in [3.8, 4) is 11.3 Å². The fourth-order valence-corrected chi connectivity index (χ4v) is 2.59. The maximum Gasteiger partial charge on any atom is 0.225 e. The molecule has 0 saturated heterocycles.